The first-order valence-corrected chi connectivity index (χ1v) is 6.19. The van der Waals surface area contributed by atoms with Gasteiger partial charge in [-0.3, -0.25) is 0 Å². The van der Waals surface area contributed by atoms with Crippen LogP contribution in [0.2, 0.25) is 0 Å². The van der Waals surface area contributed by atoms with Crippen LogP contribution in [0, 0.1) is 10.1 Å². The summed E-state index contributed by atoms with van der Waals surface area (Å²) in [5.41, 5.74) is 8.88. The molecule has 1 rings (SSSR count). The minimum atomic E-state index is -0.798. The Labute approximate surface area is 117 Å². The highest BCUT2D eigenvalue weighted by Crippen LogP contribution is 2.13. The second kappa shape index (κ2) is 7.72. The number of nitrogens with two attached hydrogens (primary N) is 1. The van der Waals surface area contributed by atoms with Crippen molar-refractivity contribution in [3.8, 4) is 0 Å². The van der Waals surface area contributed by atoms with E-state index >= 15 is 0 Å². The zero-order chi connectivity index (χ0) is 15.0. The maximum atomic E-state index is 10.1. The zero-order valence-corrected chi connectivity index (χ0v) is 11.5. The van der Waals surface area contributed by atoms with Gasteiger partial charge in [-0.15, -0.1) is 5.10 Å². The van der Waals surface area contributed by atoms with Gasteiger partial charge in [0.05, 0.1) is 6.21 Å². The fourth-order valence-electron chi connectivity index (χ4n) is 1.63. The molecule has 0 aliphatic heterocycles. The van der Waals surface area contributed by atoms with Gasteiger partial charge in [-0.1, -0.05) is 17.6 Å². The smallest absolute Gasteiger partial charge is 0.275 e. The van der Waals surface area contributed by atoms with Crippen molar-refractivity contribution in [3.63, 3.8) is 0 Å². The summed E-state index contributed by atoms with van der Waals surface area (Å²) in [5.74, 6) is -0.369. The molecule has 0 unspecified atom stereocenters. The molecule has 0 amide bonds. The molecule has 0 atom stereocenters. The number of nitrogens with zero attached hydrogens (tertiary/aromatic N) is 4. The molecule has 0 radical (unpaired) electrons. The molecule has 8 heteroatoms. The Morgan fingerprint density at radius 1 is 1.40 bits per heavy atom. The molecular formula is C12H18N6O2. The minimum Gasteiger partial charge on any atom is -0.372 e. The van der Waals surface area contributed by atoms with Crippen LogP contribution in [0.15, 0.2) is 34.5 Å². The lowest BCUT2D eigenvalue weighted by molar-refractivity contribution is -0.525. The molecular weight excluding hydrogens is 260 g/mol. The lowest BCUT2D eigenvalue weighted by atomic mass is 10.2. The Balaban J connectivity index is 2.68. The summed E-state index contributed by atoms with van der Waals surface area (Å²) in [4.78, 5) is 12.3. The summed E-state index contributed by atoms with van der Waals surface area (Å²) in [6, 6.07) is 7.75. The van der Waals surface area contributed by atoms with Crippen LogP contribution in [-0.4, -0.2) is 30.3 Å². The molecule has 0 saturated carbocycles. The van der Waals surface area contributed by atoms with E-state index in [0.717, 1.165) is 24.3 Å². The third kappa shape index (κ3) is 4.92. The Morgan fingerprint density at radius 2 is 2.00 bits per heavy atom. The molecule has 0 aliphatic carbocycles. The van der Waals surface area contributed by atoms with E-state index in [1.54, 1.807) is 5.43 Å². The van der Waals surface area contributed by atoms with E-state index in [1.807, 2.05) is 24.3 Å². The van der Waals surface area contributed by atoms with Gasteiger partial charge in [-0.25, -0.2) is 10.1 Å². The molecule has 0 fully saturated rings. The van der Waals surface area contributed by atoms with Crippen LogP contribution in [0.25, 0.3) is 0 Å². The van der Waals surface area contributed by atoms with E-state index in [4.69, 9.17) is 5.73 Å². The first-order chi connectivity index (χ1) is 9.56. The van der Waals surface area contributed by atoms with Crippen LogP contribution < -0.4 is 16.1 Å². The molecule has 20 heavy (non-hydrogen) atoms. The van der Waals surface area contributed by atoms with Crippen LogP contribution in [0.3, 0.4) is 0 Å². The molecule has 0 saturated heterocycles. The molecule has 108 valence electrons. The van der Waals surface area contributed by atoms with E-state index in [9.17, 15) is 10.1 Å². The van der Waals surface area contributed by atoms with Crippen molar-refractivity contribution in [3.05, 3.63) is 39.9 Å². The van der Waals surface area contributed by atoms with Gasteiger partial charge in [0, 0.05) is 18.8 Å². The normalized spacial score (nSPS) is 11.6. The van der Waals surface area contributed by atoms with Crippen LogP contribution in [0.4, 0.5) is 5.69 Å². The molecule has 0 aromatic heterocycles. The van der Waals surface area contributed by atoms with Gasteiger partial charge < -0.3 is 10.6 Å². The van der Waals surface area contributed by atoms with Gasteiger partial charge >= 0.3 is 0 Å². The van der Waals surface area contributed by atoms with Crippen molar-refractivity contribution in [2.45, 2.75) is 13.8 Å². The Kier molecular flexibility index (Phi) is 5.95. The first-order valence-electron chi connectivity index (χ1n) is 6.19. The molecule has 3 N–H and O–H groups in total. The summed E-state index contributed by atoms with van der Waals surface area (Å²) in [6.07, 6.45) is 1.47. The maximum Gasteiger partial charge on any atom is 0.275 e. The topological polar surface area (TPSA) is 109 Å². The maximum absolute atomic E-state index is 10.1. The molecule has 1 aromatic carbocycles. The summed E-state index contributed by atoms with van der Waals surface area (Å²) < 4.78 is 0. The monoisotopic (exact) mass is 278 g/mol. The number of nitro groups is 1. The largest absolute Gasteiger partial charge is 0.372 e. The quantitative estimate of drug-likeness (QED) is 0.348. The molecule has 0 spiro atoms. The minimum absolute atomic E-state index is 0.369. The number of benzene rings is 1. The average molecular weight is 278 g/mol. The van der Waals surface area contributed by atoms with Crippen LogP contribution in [-0.2, 0) is 0 Å². The SMILES string of the molecule is CCN(CC)c1ccc(C=NN=C(N)N[N+](=O)[O-])cc1. The molecule has 0 aliphatic rings. The van der Waals surface area contributed by atoms with Gasteiger partial charge in [0.25, 0.3) is 5.96 Å². The highest BCUT2D eigenvalue weighted by Gasteiger charge is 2.00. The van der Waals surface area contributed by atoms with Crippen molar-refractivity contribution in [2.24, 2.45) is 15.9 Å². The average Bonchev–Trinajstić information content (AvgIpc) is 2.41. The molecule has 8 nitrogen and oxygen atoms in total. The van der Waals surface area contributed by atoms with Crippen molar-refractivity contribution in [2.75, 3.05) is 18.0 Å². The third-order valence-electron chi connectivity index (χ3n) is 2.60. The molecule has 0 heterocycles. The van der Waals surface area contributed by atoms with E-state index in [0.29, 0.717) is 0 Å². The van der Waals surface area contributed by atoms with Crippen molar-refractivity contribution in [1.82, 2.24) is 5.43 Å². The van der Waals surface area contributed by atoms with Crippen molar-refractivity contribution < 1.29 is 5.03 Å². The predicted octanol–water partition coefficient (Wildman–Crippen LogP) is 0.963. The molecule has 0 bridgehead atoms. The number of guanidine groups is 1. The summed E-state index contributed by atoms with van der Waals surface area (Å²) in [6.45, 7) is 6.08. The fourth-order valence-corrected chi connectivity index (χ4v) is 1.63. The van der Waals surface area contributed by atoms with E-state index in [-0.39, 0.29) is 5.96 Å². The number of hydrogen-bond donors (Lipinski definition) is 2. The number of hydrogen-bond acceptors (Lipinski definition) is 5. The lowest BCUT2D eigenvalue weighted by Gasteiger charge is -2.20. The van der Waals surface area contributed by atoms with Gasteiger partial charge in [0.2, 0.25) is 0 Å². The van der Waals surface area contributed by atoms with Crippen LogP contribution in [0.1, 0.15) is 19.4 Å². The predicted molar refractivity (Wildman–Crippen MR) is 79.3 cm³/mol. The number of anilines is 1. The number of hydrazine groups is 1. The van der Waals surface area contributed by atoms with Crippen molar-refractivity contribution >= 4 is 17.9 Å². The van der Waals surface area contributed by atoms with Gasteiger partial charge in [0.1, 0.15) is 0 Å². The fraction of sp³-hybridized carbons (Fsp3) is 0.333. The lowest BCUT2D eigenvalue weighted by Crippen LogP contribution is -2.35. The van der Waals surface area contributed by atoms with Crippen LogP contribution in [0.5, 0.6) is 0 Å². The Bertz CT molecular complexity index is 493. The summed E-state index contributed by atoms with van der Waals surface area (Å²) >= 11 is 0. The van der Waals surface area contributed by atoms with Crippen LogP contribution >= 0.6 is 0 Å². The number of nitrogens with one attached hydrogen (secondary N) is 1. The highest BCUT2D eigenvalue weighted by atomic mass is 16.7. The summed E-state index contributed by atoms with van der Waals surface area (Å²) in [7, 11) is 0. The first kappa shape index (κ1) is 15.4. The van der Waals surface area contributed by atoms with Gasteiger partial charge in [-0.2, -0.15) is 5.10 Å². The van der Waals surface area contributed by atoms with E-state index < -0.39 is 5.03 Å². The van der Waals surface area contributed by atoms with Crippen molar-refractivity contribution in [1.29, 1.82) is 0 Å². The third-order valence-corrected chi connectivity index (χ3v) is 2.60. The summed E-state index contributed by atoms with van der Waals surface area (Å²) in [5, 5.41) is 16.4. The van der Waals surface area contributed by atoms with E-state index in [2.05, 4.69) is 29.0 Å². The second-order valence-electron chi connectivity index (χ2n) is 3.86. The highest BCUT2D eigenvalue weighted by molar-refractivity contribution is 5.82. The van der Waals surface area contributed by atoms with E-state index in [1.165, 1.54) is 6.21 Å². The Morgan fingerprint density at radius 3 is 2.50 bits per heavy atom. The van der Waals surface area contributed by atoms with Gasteiger partial charge in [-0.05, 0) is 31.5 Å². The standard InChI is InChI=1S/C12H18N6O2/c1-3-17(4-2)11-7-5-10(6-8-11)9-14-15-12(13)16-18(19)20/h5-9H,3-4H2,1-2H3,(H3,13,15,16). The Hall–Kier alpha value is -2.64. The molecule has 1 aromatic rings. The van der Waals surface area contributed by atoms with Gasteiger partial charge in [0.15, 0.2) is 5.03 Å². The zero-order valence-electron chi connectivity index (χ0n) is 11.5. The number of rotatable bonds is 6. The second-order valence-corrected chi connectivity index (χ2v) is 3.86.